The van der Waals surface area contributed by atoms with Gasteiger partial charge in [0.05, 0.1) is 28.8 Å². The zero-order valence-corrected chi connectivity index (χ0v) is 14.7. The van der Waals surface area contributed by atoms with Crippen molar-refractivity contribution in [3.05, 3.63) is 23.2 Å². The Kier molecular flexibility index (Phi) is 6.81. The first kappa shape index (κ1) is 18.9. The van der Waals surface area contributed by atoms with Gasteiger partial charge in [-0.2, -0.15) is 0 Å². The summed E-state index contributed by atoms with van der Waals surface area (Å²) < 4.78 is 27.9. The molecule has 134 valence electrons. The van der Waals surface area contributed by atoms with Gasteiger partial charge >= 0.3 is 6.03 Å². The number of nitrogens with two attached hydrogens (primary N) is 1. The number of nitrogens with one attached hydrogen (secondary N) is 2. The van der Waals surface area contributed by atoms with E-state index in [1.807, 2.05) is 0 Å². The number of morpholine rings is 1. The first-order chi connectivity index (χ1) is 11.4. The maximum Gasteiger partial charge on any atom is 0.319 e. The topological polar surface area (TPSA) is 114 Å². The Bertz CT molecular complexity index is 677. The van der Waals surface area contributed by atoms with Crippen LogP contribution in [-0.2, 0) is 14.8 Å². The summed E-state index contributed by atoms with van der Waals surface area (Å²) in [7, 11) is -3.86. The molecule has 10 heteroatoms. The van der Waals surface area contributed by atoms with Gasteiger partial charge in [0.2, 0.25) is 10.0 Å². The Morgan fingerprint density at radius 1 is 1.33 bits per heavy atom. The maximum absolute atomic E-state index is 11.9. The summed E-state index contributed by atoms with van der Waals surface area (Å²) in [4.78, 5) is 14.0. The van der Waals surface area contributed by atoms with Crippen LogP contribution >= 0.6 is 11.6 Å². The Balaban J connectivity index is 1.79. The third-order valence-electron chi connectivity index (χ3n) is 3.55. The first-order valence-corrected chi connectivity index (χ1v) is 9.46. The van der Waals surface area contributed by atoms with Gasteiger partial charge in [-0.15, -0.1) is 0 Å². The predicted octanol–water partition coefficient (Wildman–Crippen LogP) is 0.831. The molecular formula is C14H21ClN4O4S. The molecule has 0 radical (unpaired) electrons. The normalized spacial score (nSPS) is 15.9. The second kappa shape index (κ2) is 8.63. The molecule has 1 aromatic rings. The van der Waals surface area contributed by atoms with Crippen molar-refractivity contribution in [3.63, 3.8) is 0 Å². The minimum absolute atomic E-state index is 0.116. The zero-order valence-electron chi connectivity index (χ0n) is 13.1. The average Bonchev–Trinajstić information content (AvgIpc) is 2.53. The molecule has 0 bridgehead atoms. The Morgan fingerprint density at radius 2 is 2.04 bits per heavy atom. The largest absolute Gasteiger partial charge is 0.379 e. The van der Waals surface area contributed by atoms with Crippen LogP contribution in [0.15, 0.2) is 23.1 Å². The van der Waals surface area contributed by atoms with Crippen LogP contribution in [0.5, 0.6) is 0 Å². The first-order valence-electron chi connectivity index (χ1n) is 7.53. The Hall–Kier alpha value is -1.39. The fourth-order valence-corrected chi connectivity index (χ4v) is 2.98. The van der Waals surface area contributed by atoms with Crippen LogP contribution in [0.4, 0.5) is 10.5 Å². The summed E-state index contributed by atoms with van der Waals surface area (Å²) in [6, 6.07) is 3.43. The summed E-state index contributed by atoms with van der Waals surface area (Å²) in [5.74, 6) is 0. The molecule has 1 aliphatic rings. The predicted molar refractivity (Wildman–Crippen MR) is 91.7 cm³/mol. The number of rotatable bonds is 6. The van der Waals surface area contributed by atoms with Crippen LogP contribution in [0.2, 0.25) is 5.02 Å². The lowest BCUT2D eigenvalue weighted by Crippen LogP contribution is -2.38. The number of carbonyl (C=O) groups is 1. The highest BCUT2D eigenvalue weighted by Gasteiger charge is 2.13. The SMILES string of the molecule is NS(=O)(=O)c1ccc(Cl)c(NC(=O)NCCCN2CCOCC2)c1. The van der Waals surface area contributed by atoms with E-state index in [-0.39, 0.29) is 15.6 Å². The van der Waals surface area contributed by atoms with E-state index in [4.69, 9.17) is 21.5 Å². The van der Waals surface area contributed by atoms with Crippen molar-refractivity contribution in [2.45, 2.75) is 11.3 Å². The number of urea groups is 1. The van der Waals surface area contributed by atoms with E-state index in [9.17, 15) is 13.2 Å². The van der Waals surface area contributed by atoms with Gasteiger partial charge in [0.15, 0.2) is 0 Å². The molecule has 1 heterocycles. The minimum atomic E-state index is -3.86. The van der Waals surface area contributed by atoms with Crippen molar-refractivity contribution in [1.82, 2.24) is 10.2 Å². The monoisotopic (exact) mass is 376 g/mol. The number of hydrogen-bond donors (Lipinski definition) is 3. The van der Waals surface area contributed by atoms with E-state index >= 15 is 0 Å². The number of hydrogen-bond acceptors (Lipinski definition) is 5. The highest BCUT2D eigenvalue weighted by Crippen LogP contribution is 2.24. The third kappa shape index (κ3) is 5.91. The number of carbonyl (C=O) groups excluding carboxylic acids is 1. The highest BCUT2D eigenvalue weighted by molar-refractivity contribution is 7.89. The molecule has 0 unspecified atom stereocenters. The standard InChI is InChI=1S/C14H21ClN4O4S/c15-12-3-2-11(24(16,21)22)10-13(12)18-14(20)17-4-1-5-19-6-8-23-9-7-19/h2-3,10H,1,4-9H2,(H2,16,21,22)(H2,17,18,20). The molecular weight excluding hydrogens is 356 g/mol. The number of halogens is 1. The average molecular weight is 377 g/mol. The van der Waals surface area contributed by atoms with Gasteiger partial charge in [-0.05, 0) is 31.2 Å². The van der Waals surface area contributed by atoms with E-state index < -0.39 is 16.1 Å². The van der Waals surface area contributed by atoms with E-state index in [0.29, 0.717) is 6.54 Å². The molecule has 2 amide bonds. The second-order valence-corrected chi connectivity index (χ2v) is 7.34. The van der Waals surface area contributed by atoms with E-state index in [1.54, 1.807) is 0 Å². The van der Waals surface area contributed by atoms with Crippen molar-refractivity contribution < 1.29 is 17.9 Å². The molecule has 1 aromatic carbocycles. The summed E-state index contributed by atoms with van der Waals surface area (Å²) in [5.41, 5.74) is 0.189. The number of ether oxygens (including phenoxy) is 1. The van der Waals surface area contributed by atoms with Crippen LogP contribution in [0.3, 0.4) is 0 Å². The van der Waals surface area contributed by atoms with Crippen molar-refractivity contribution in [3.8, 4) is 0 Å². The Labute approximate surface area is 146 Å². The molecule has 0 saturated carbocycles. The highest BCUT2D eigenvalue weighted by atomic mass is 35.5. The summed E-state index contributed by atoms with van der Waals surface area (Å²) in [6.45, 7) is 4.67. The quantitative estimate of drug-likeness (QED) is 0.636. The molecule has 0 aliphatic carbocycles. The van der Waals surface area contributed by atoms with Crippen molar-refractivity contribution >= 4 is 33.3 Å². The van der Waals surface area contributed by atoms with E-state index in [1.165, 1.54) is 18.2 Å². The molecule has 24 heavy (non-hydrogen) atoms. The van der Waals surface area contributed by atoms with Gasteiger partial charge in [-0.25, -0.2) is 18.4 Å². The summed E-state index contributed by atoms with van der Waals surface area (Å²) in [5, 5.41) is 10.5. The van der Waals surface area contributed by atoms with Crippen LogP contribution in [0, 0.1) is 0 Å². The number of sulfonamides is 1. The van der Waals surface area contributed by atoms with Gasteiger partial charge in [0.1, 0.15) is 0 Å². The minimum Gasteiger partial charge on any atom is -0.379 e. The fourth-order valence-electron chi connectivity index (χ4n) is 2.27. The molecule has 0 atom stereocenters. The third-order valence-corrected chi connectivity index (χ3v) is 4.80. The molecule has 2 rings (SSSR count). The number of primary sulfonamides is 1. The van der Waals surface area contributed by atoms with Crippen LogP contribution in [0.25, 0.3) is 0 Å². The van der Waals surface area contributed by atoms with Gasteiger partial charge in [0.25, 0.3) is 0 Å². The van der Waals surface area contributed by atoms with Crippen LogP contribution in [0.1, 0.15) is 6.42 Å². The molecule has 8 nitrogen and oxygen atoms in total. The zero-order chi connectivity index (χ0) is 17.6. The molecule has 0 spiro atoms. The lowest BCUT2D eigenvalue weighted by Gasteiger charge is -2.26. The molecule has 1 fully saturated rings. The van der Waals surface area contributed by atoms with Crippen LogP contribution in [-0.4, -0.2) is 58.7 Å². The second-order valence-electron chi connectivity index (χ2n) is 5.38. The number of anilines is 1. The van der Waals surface area contributed by atoms with Gasteiger partial charge in [-0.3, -0.25) is 4.90 Å². The lowest BCUT2D eigenvalue weighted by molar-refractivity contribution is 0.0375. The van der Waals surface area contributed by atoms with Crippen molar-refractivity contribution in [2.75, 3.05) is 44.7 Å². The fraction of sp³-hybridized carbons (Fsp3) is 0.500. The molecule has 1 aliphatic heterocycles. The summed E-state index contributed by atoms with van der Waals surface area (Å²) in [6.07, 6.45) is 0.804. The van der Waals surface area contributed by atoms with Gasteiger partial charge in [-0.1, -0.05) is 11.6 Å². The van der Waals surface area contributed by atoms with Crippen LogP contribution < -0.4 is 15.8 Å². The maximum atomic E-state index is 11.9. The number of amides is 2. The van der Waals surface area contributed by atoms with Crippen molar-refractivity contribution in [1.29, 1.82) is 0 Å². The molecule has 1 saturated heterocycles. The molecule has 0 aromatic heterocycles. The van der Waals surface area contributed by atoms with Gasteiger partial charge in [0, 0.05) is 19.6 Å². The van der Waals surface area contributed by atoms with E-state index in [2.05, 4.69) is 15.5 Å². The number of nitrogens with zero attached hydrogens (tertiary/aromatic N) is 1. The van der Waals surface area contributed by atoms with E-state index in [0.717, 1.165) is 39.3 Å². The summed E-state index contributed by atoms with van der Waals surface area (Å²) >= 11 is 5.96. The lowest BCUT2D eigenvalue weighted by atomic mass is 10.3. The Morgan fingerprint density at radius 3 is 2.71 bits per heavy atom. The van der Waals surface area contributed by atoms with Crippen molar-refractivity contribution in [2.24, 2.45) is 5.14 Å². The number of benzene rings is 1. The smallest absolute Gasteiger partial charge is 0.319 e. The van der Waals surface area contributed by atoms with Gasteiger partial charge < -0.3 is 15.4 Å². The molecule has 4 N–H and O–H groups in total.